The van der Waals surface area contributed by atoms with Gasteiger partial charge in [0.1, 0.15) is 0 Å². The van der Waals surface area contributed by atoms with Crippen LogP contribution >= 0.6 is 0 Å². The molecule has 4 nitrogen and oxygen atoms in total. The summed E-state index contributed by atoms with van der Waals surface area (Å²) in [4.78, 5) is 9.24. The van der Waals surface area contributed by atoms with Crippen molar-refractivity contribution in [1.29, 1.82) is 0 Å². The molecule has 0 fully saturated rings. The van der Waals surface area contributed by atoms with Gasteiger partial charge in [-0.2, -0.15) is 9.97 Å². The molecule has 0 aliphatic heterocycles. The summed E-state index contributed by atoms with van der Waals surface area (Å²) in [7, 11) is 0. The fourth-order valence-electron chi connectivity index (χ4n) is 4.82. The largest absolute Gasteiger partial charge is 0.477 e. The molecule has 2 aromatic rings. The van der Waals surface area contributed by atoms with Gasteiger partial charge in [0.15, 0.2) is 0 Å². The highest BCUT2D eigenvalue weighted by Crippen LogP contribution is 2.26. The number of unbranched alkanes of at least 4 members (excludes halogenated alkanes) is 12. The molecule has 1 aromatic heterocycles. The average molecular weight is 527 g/mol. The van der Waals surface area contributed by atoms with Crippen LogP contribution in [0.5, 0.6) is 11.9 Å². The Hall–Kier alpha value is -1.84. The molecule has 216 valence electrons. The molecule has 4 heteroatoms. The molecule has 0 atom stereocenters. The topological polar surface area (TPSA) is 44.2 Å². The summed E-state index contributed by atoms with van der Waals surface area (Å²) in [5, 5.41) is 0.963. The third-order valence-corrected chi connectivity index (χ3v) is 7.16. The van der Waals surface area contributed by atoms with Crippen molar-refractivity contribution in [2.24, 2.45) is 10.8 Å². The van der Waals surface area contributed by atoms with E-state index in [-0.39, 0.29) is 0 Å². The molecule has 0 unspecified atom stereocenters. The minimum Gasteiger partial charge on any atom is -0.477 e. The first-order valence-electron chi connectivity index (χ1n) is 15.7. The monoisotopic (exact) mass is 526 g/mol. The van der Waals surface area contributed by atoms with Crippen LogP contribution < -0.4 is 9.47 Å². The van der Waals surface area contributed by atoms with Gasteiger partial charge < -0.3 is 9.47 Å². The number of aromatic nitrogens is 2. The maximum Gasteiger partial charge on any atom is 0.320 e. The van der Waals surface area contributed by atoms with E-state index in [1.807, 2.05) is 24.3 Å². The Morgan fingerprint density at radius 3 is 1.50 bits per heavy atom. The number of nitrogens with zero attached hydrogens (tertiary/aromatic N) is 2. The minimum absolute atomic E-state index is 0.441. The van der Waals surface area contributed by atoms with E-state index in [0.717, 1.165) is 23.7 Å². The van der Waals surface area contributed by atoms with Crippen molar-refractivity contribution in [3.8, 4) is 11.9 Å². The molecule has 0 saturated carbocycles. The normalized spacial score (nSPS) is 12.3. The van der Waals surface area contributed by atoms with Gasteiger partial charge in [-0.15, -0.1) is 0 Å². The molecule has 1 heterocycles. The Labute approximate surface area is 234 Å². The summed E-state index contributed by atoms with van der Waals surface area (Å²) in [5.74, 6) is 0.656. The second-order valence-electron chi connectivity index (χ2n) is 13.6. The molecule has 1 aromatic carbocycles. The third kappa shape index (κ3) is 15.5. The number of hydrogen-bond acceptors (Lipinski definition) is 4. The van der Waals surface area contributed by atoms with Crippen LogP contribution in [0.4, 0.5) is 0 Å². The van der Waals surface area contributed by atoms with E-state index < -0.39 is 0 Å². The fourth-order valence-corrected chi connectivity index (χ4v) is 4.82. The van der Waals surface area contributed by atoms with Gasteiger partial charge in [0.05, 0.1) is 24.1 Å². The van der Waals surface area contributed by atoms with Gasteiger partial charge in [-0.3, -0.25) is 0 Å². The number of rotatable bonds is 20. The molecule has 0 radical (unpaired) electrons. The Kier molecular flexibility index (Phi) is 15.1. The van der Waals surface area contributed by atoms with Crippen molar-refractivity contribution in [2.45, 2.75) is 144 Å². The Morgan fingerprint density at radius 1 is 0.526 bits per heavy atom. The summed E-state index contributed by atoms with van der Waals surface area (Å²) in [5.41, 5.74) is 1.83. The van der Waals surface area contributed by atoms with Gasteiger partial charge in [-0.25, -0.2) is 0 Å². The van der Waals surface area contributed by atoms with Crippen LogP contribution in [0.1, 0.15) is 144 Å². The fraction of sp³-hybridized carbons (Fsp3) is 0.765. The van der Waals surface area contributed by atoms with Gasteiger partial charge >= 0.3 is 6.01 Å². The molecule has 0 aliphatic rings. The molecule has 2 rings (SSSR count). The van der Waals surface area contributed by atoms with E-state index in [2.05, 4.69) is 51.5 Å². The highest BCUT2D eigenvalue weighted by Gasteiger charge is 2.11. The average Bonchev–Trinajstić information content (AvgIpc) is 2.85. The molecule has 0 spiro atoms. The Bertz CT molecular complexity index is 882. The number of hydrogen-bond donors (Lipinski definition) is 0. The van der Waals surface area contributed by atoms with Crippen molar-refractivity contribution in [2.75, 3.05) is 13.2 Å². The van der Waals surface area contributed by atoms with E-state index in [9.17, 15) is 0 Å². The highest BCUT2D eigenvalue weighted by atomic mass is 16.5. The van der Waals surface area contributed by atoms with Crippen LogP contribution in [0.2, 0.25) is 0 Å². The number of fused-ring (bicyclic) bond motifs is 1. The van der Waals surface area contributed by atoms with Crippen LogP contribution in [0, 0.1) is 10.8 Å². The quantitative estimate of drug-likeness (QED) is 0.161. The van der Waals surface area contributed by atoms with Crippen molar-refractivity contribution < 1.29 is 9.47 Å². The van der Waals surface area contributed by atoms with Crippen LogP contribution in [-0.4, -0.2) is 23.2 Å². The highest BCUT2D eigenvalue weighted by molar-refractivity contribution is 5.83. The first-order chi connectivity index (χ1) is 18.1. The number of para-hydroxylation sites is 1. The lowest BCUT2D eigenvalue weighted by molar-refractivity contribution is 0.264. The maximum atomic E-state index is 6.12. The molecule has 0 bridgehead atoms. The predicted molar refractivity (Wildman–Crippen MR) is 163 cm³/mol. The van der Waals surface area contributed by atoms with Crippen LogP contribution in [0.15, 0.2) is 24.3 Å². The van der Waals surface area contributed by atoms with Crippen LogP contribution in [0.3, 0.4) is 0 Å². The van der Waals surface area contributed by atoms with Crippen LogP contribution in [0.25, 0.3) is 10.9 Å². The first-order valence-corrected chi connectivity index (χ1v) is 15.7. The molecular weight excluding hydrogens is 468 g/mol. The van der Waals surface area contributed by atoms with E-state index >= 15 is 0 Å². The Balaban J connectivity index is 1.62. The summed E-state index contributed by atoms with van der Waals surface area (Å²) >= 11 is 0. The summed E-state index contributed by atoms with van der Waals surface area (Å²) in [6.07, 6.45) is 20.5. The SMILES string of the molecule is CC(C)(C)CCCCCCCCCOc1nc(OCCCCCCCCCC(C)(C)C)c2ccccc2n1. The second-order valence-corrected chi connectivity index (χ2v) is 13.6. The summed E-state index contributed by atoms with van der Waals surface area (Å²) in [6, 6.07) is 8.51. The van der Waals surface area contributed by atoms with E-state index in [4.69, 9.17) is 9.47 Å². The Morgan fingerprint density at radius 2 is 0.974 bits per heavy atom. The lowest BCUT2D eigenvalue weighted by Gasteiger charge is -2.17. The zero-order valence-corrected chi connectivity index (χ0v) is 25.7. The maximum absolute atomic E-state index is 6.12. The van der Waals surface area contributed by atoms with Gasteiger partial charge in [0.25, 0.3) is 0 Å². The zero-order chi connectivity index (χ0) is 27.7. The molecule has 38 heavy (non-hydrogen) atoms. The third-order valence-electron chi connectivity index (χ3n) is 7.16. The van der Waals surface area contributed by atoms with Gasteiger partial charge in [0, 0.05) is 0 Å². The van der Waals surface area contributed by atoms with Crippen molar-refractivity contribution in [3.63, 3.8) is 0 Å². The summed E-state index contributed by atoms with van der Waals surface area (Å²) in [6.45, 7) is 15.4. The molecule has 0 aliphatic carbocycles. The number of benzene rings is 1. The van der Waals surface area contributed by atoms with Crippen molar-refractivity contribution >= 4 is 10.9 Å². The smallest absolute Gasteiger partial charge is 0.320 e. The zero-order valence-electron chi connectivity index (χ0n) is 25.7. The standard InChI is InChI=1S/C34H58N2O2/c1-33(2,3)25-19-13-9-7-11-15-21-27-37-31-29-23-17-18-24-30(29)35-32(36-31)38-28-22-16-12-8-10-14-20-26-34(4,5)6/h17-18,23-24H,7-16,19-22,25-28H2,1-6H3. The summed E-state index contributed by atoms with van der Waals surface area (Å²) < 4.78 is 12.1. The van der Waals surface area contributed by atoms with E-state index in [0.29, 0.717) is 35.9 Å². The predicted octanol–water partition coefficient (Wildman–Crippen LogP) is 10.7. The minimum atomic E-state index is 0.441. The molecule has 0 N–H and O–H groups in total. The lowest BCUT2D eigenvalue weighted by Crippen LogP contribution is -2.05. The number of ether oxygens (including phenoxy) is 2. The lowest BCUT2D eigenvalue weighted by atomic mass is 9.89. The van der Waals surface area contributed by atoms with Gasteiger partial charge in [0.2, 0.25) is 5.88 Å². The first kappa shape index (κ1) is 32.4. The van der Waals surface area contributed by atoms with Gasteiger partial charge in [-0.1, -0.05) is 131 Å². The van der Waals surface area contributed by atoms with Crippen molar-refractivity contribution in [3.05, 3.63) is 24.3 Å². The van der Waals surface area contributed by atoms with Gasteiger partial charge in [-0.05, 0) is 48.6 Å². The molecule has 0 saturated heterocycles. The van der Waals surface area contributed by atoms with E-state index in [1.165, 1.54) is 89.9 Å². The molecule has 0 amide bonds. The molecular formula is C34H58N2O2. The van der Waals surface area contributed by atoms with Crippen LogP contribution in [-0.2, 0) is 0 Å². The second kappa shape index (κ2) is 17.7. The van der Waals surface area contributed by atoms with Crippen molar-refractivity contribution in [1.82, 2.24) is 9.97 Å². The van der Waals surface area contributed by atoms with E-state index in [1.54, 1.807) is 0 Å².